The molecule has 3 aromatic heterocycles. The lowest BCUT2D eigenvalue weighted by molar-refractivity contribution is 0.292. The quantitative estimate of drug-likeness (QED) is 0.507. The Balaban J connectivity index is 1.62. The number of hydrogen-bond donors (Lipinski definition) is 0. The zero-order valence-electron chi connectivity index (χ0n) is 15.0. The number of aryl methyl sites for hydroxylation is 2. The summed E-state index contributed by atoms with van der Waals surface area (Å²) in [6.07, 6.45) is 2.46. The van der Waals surface area contributed by atoms with Gasteiger partial charge in [-0.15, -0.1) is 5.10 Å². The van der Waals surface area contributed by atoms with Crippen molar-refractivity contribution in [1.82, 2.24) is 19.7 Å². The van der Waals surface area contributed by atoms with Gasteiger partial charge in [-0.25, -0.2) is 14.8 Å². The number of ether oxygens (including phenoxy) is 1. The summed E-state index contributed by atoms with van der Waals surface area (Å²) in [5, 5.41) is 5.29. The van der Waals surface area contributed by atoms with E-state index >= 15 is 0 Å². The number of aromatic nitrogens is 4. The minimum absolute atomic E-state index is 0.209. The van der Waals surface area contributed by atoms with Gasteiger partial charge in [-0.05, 0) is 43.2 Å². The van der Waals surface area contributed by atoms with E-state index in [-0.39, 0.29) is 12.2 Å². The van der Waals surface area contributed by atoms with Gasteiger partial charge in [0.2, 0.25) is 0 Å². The van der Waals surface area contributed by atoms with E-state index in [4.69, 9.17) is 9.15 Å². The smallest absolute Gasteiger partial charge is 0.336 e. The lowest BCUT2D eigenvalue weighted by Crippen LogP contribution is -2.08. The van der Waals surface area contributed by atoms with Crippen molar-refractivity contribution < 1.29 is 9.15 Å². The molecule has 27 heavy (non-hydrogen) atoms. The summed E-state index contributed by atoms with van der Waals surface area (Å²) in [5.41, 5.74) is 1.11. The van der Waals surface area contributed by atoms with Crippen LogP contribution in [0.3, 0.4) is 0 Å². The van der Waals surface area contributed by atoms with Crippen LogP contribution in [0.2, 0.25) is 0 Å². The second kappa shape index (κ2) is 7.03. The molecular formula is C20H18N4O3. The number of hydrogen-bond acceptors (Lipinski definition) is 6. The van der Waals surface area contributed by atoms with Gasteiger partial charge in [0.15, 0.2) is 11.6 Å². The molecule has 1 aromatic carbocycles. The first-order valence-corrected chi connectivity index (χ1v) is 8.67. The van der Waals surface area contributed by atoms with Gasteiger partial charge >= 0.3 is 5.63 Å². The summed E-state index contributed by atoms with van der Waals surface area (Å²) in [6, 6.07) is 12.6. The van der Waals surface area contributed by atoms with Crippen molar-refractivity contribution >= 4 is 11.0 Å². The van der Waals surface area contributed by atoms with Crippen LogP contribution in [0, 0.1) is 6.92 Å². The molecule has 0 aliphatic carbocycles. The largest absolute Gasteiger partial charge is 0.485 e. The molecule has 0 N–H and O–H groups in total. The fourth-order valence-electron chi connectivity index (χ4n) is 2.96. The van der Waals surface area contributed by atoms with Crippen LogP contribution in [0.25, 0.3) is 16.8 Å². The Morgan fingerprint density at radius 2 is 2.07 bits per heavy atom. The van der Waals surface area contributed by atoms with Gasteiger partial charge in [-0.3, -0.25) is 0 Å². The number of pyridine rings is 1. The lowest BCUT2D eigenvalue weighted by atomic mass is 10.1. The van der Waals surface area contributed by atoms with Gasteiger partial charge in [0.05, 0.1) is 0 Å². The molecular weight excluding hydrogens is 344 g/mol. The Bertz CT molecular complexity index is 1150. The Morgan fingerprint density at radius 1 is 1.19 bits per heavy atom. The fraction of sp³-hybridized carbons (Fsp3) is 0.200. The van der Waals surface area contributed by atoms with Crippen molar-refractivity contribution in [3.05, 3.63) is 76.3 Å². The van der Waals surface area contributed by atoms with E-state index in [0.29, 0.717) is 28.8 Å². The second-order valence-electron chi connectivity index (χ2n) is 6.07. The van der Waals surface area contributed by atoms with E-state index in [9.17, 15) is 4.79 Å². The minimum atomic E-state index is -0.359. The molecule has 0 aliphatic heterocycles. The van der Waals surface area contributed by atoms with Gasteiger partial charge in [0.25, 0.3) is 0 Å². The average molecular weight is 362 g/mol. The topological polar surface area (TPSA) is 83.0 Å². The predicted molar refractivity (Wildman–Crippen MR) is 100 cm³/mol. The number of rotatable bonds is 5. The van der Waals surface area contributed by atoms with Gasteiger partial charge < -0.3 is 9.15 Å². The molecule has 3 heterocycles. The summed E-state index contributed by atoms with van der Waals surface area (Å²) in [7, 11) is 0. The van der Waals surface area contributed by atoms with Gasteiger partial charge in [0.1, 0.15) is 23.8 Å². The molecule has 7 heteroatoms. The summed E-state index contributed by atoms with van der Waals surface area (Å²) in [5.74, 6) is 2.53. The first-order valence-electron chi connectivity index (χ1n) is 8.67. The van der Waals surface area contributed by atoms with E-state index in [2.05, 4.69) is 15.1 Å². The molecule has 0 unspecified atom stereocenters. The highest BCUT2D eigenvalue weighted by Crippen LogP contribution is 2.23. The molecule has 0 spiro atoms. The highest BCUT2D eigenvalue weighted by molar-refractivity contribution is 5.81. The second-order valence-corrected chi connectivity index (χ2v) is 6.07. The maximum atomic E-state index is 11.7. The zero-order valence-corrected chi connectivity index (χ0v) is 15.0. The van der Waals surface area contributed by atoms with Gasteiger partial charge in [-0.1, -0.05) is 13.0 Å². The van der Waals surface area contributed by atoms with Crippen LogP contribution in [0.15, 0.2) is 57.9 Å². The maximum absolute atomic E-state index is 11.7. The first kappa shape index (κ1) is 17.0. The lowest BCUT2D eigenvalue weighted by Gasteiger charge is -2.09. The highest BCUT2D eigenvalue weighted by atomic mass is 16.5. The third-order valence-corrected chi connectivity index (χ3v) is 4.20. The standard InChI is InChI=1S/C20H18N4O3/c1-3-14-10-20(25)27-17-11-15(7-8-16(14)17)26-12-19-22-13(2)23-24(19)18-6-4-5-9-21-18/h4-11H,3,12H2,1-2H3. The molecule has 0 amide bonds. The molecule has 0 saturated carbocycles. The number of benzene rings is 1. The Morgan fingerprint density at radius 3 is 2.85 bits per heavy atom. The van der Waals surface area contributed by atoms with Crippen LogP contribution in [0.4, 0.5) is 0 Å². The normalized spacial score (nSPS) is 11.0. The van der Waals surface area contributed by atoms with Crippen LogP contribution in [-0.4, -0.2) is 19.7 Å². The predicted octanol–water partition coefficient (Wildman–Crippen LogP) is 3.22. The highest BCUT2D eigenvalue weighted by Gasteiger charge is 2.12. The fourth-order valence-corrected chi connectivity index (χ4v) is 2.96. The van der Waals surface area contributed by atoms with Crippen molar-refractivity contribution in [3.63, 3.8) is 0 Å². The molecule has 136 valence electrons. The summed E-state index contributed by atoms with van der Waals surface area (Å²) >= 11 is 0. The van der Waals surface area contributed by atoms with Crippen molar-refractivity contribution in [2.75, 3.05) is 0 Å². The van der Waals surface area contributed by atoms with Crippen LogP contribution < -0.4 is 10.4 Å². The monoisotopic (exact) mass is 362 g/mol. The van der Waals surface area contributed by atoms with Crippen molar-refractivity contribution in [1.29, 1.82) is 0 Å². The average Bonchev–Trinajstić information content (AvgIpc) is 3.06. The Labute approximate surface area is 155 Å². The molecule has 7 nitrogen and oxygen atoms in total. The molecule has 4 aromatic rings. The van der Waals surface area contributed by atoms with E-state index in [0.717, 1.165) is 17.4 Å². The molecule has 0 saturated heterocycles. The van der Waals surface area contributed by atoms with E-state index in [1.807, 2.05) is 44.2 Å². The Kier molecular flexibility index (Phi) is 4.42. The Hall–Kier alpha value is -3.48. The first-order chi connectivity index (χ1) is 13.1. The summed E-state index contributed by atoms with van der Waals surface area (Å²) < 4.78 is 12.8. The number of fused-ring (bicyclic) bond motifs is 1. The third kappa shape index (κ3) is 3.44. The third-order valence-electron chi connectivity index (χ3n) is 4.20. The molecule has 0 radical (unpaired) electrons. The SMILES string of the molecule is CCc1cc(=O)oc2cc(OCc3nc(C)nn3-c3ccccn3)ccc12. The van der Waals surface area contributed by atoms with E-state index in [1.54, 1.807) is 16.9 Å². The van der Waals surface area contributed by atoms with Crippen LogP contribution in [-0.2, 0) is 13.0 Å². The molecule has 4 rings (SSSR count). The summed E-state index contributed by atoms with van der Waals surface area (Å²) in [4.78, 5) is 20.4. The summed E-state index contributed by atoms with van der Waals surface area (Å²) in [6.45, 7) is 4.03. The molecule has 0 atom stereocenters. The molecule has 0 aliphatic rings. The van der Waals surface area contributed by atoms with Crippen molar-refractivity contribution in [3.8, 4) is 11.6 Å². The van der Waals surface area contributed by atoms with Crippen molar-refractivity contribution in [2.24, 2.45) is 0 Å². The maximum Gasteiger partial charge on any atom is 0.336 e. The van der Waals surface area contributed by atoms with Crippen LogP contribution >= 0.6 is 0 Å². The molecule has 0 bridgehead atoms. The van der Waals surface area contributed by atoms with Crippen LogP contribution in [0.5, 0.6) is 5.75 Å². The molecule has 0 fully saturated rings. The van der Waals surface area contributed by atoms with Gasteiger partial charge in [-0.2, -0.15) is 4.68 Å². The number of nitrogens with zero attached hydrogens (tertiary/aromatic N) is 4. The zero-order chi connectivity index (χ0) is 18.8. The van der Waals surface area contributed by atoms with E-state index in [1.165, 1.54) is 6.07 Å². The van der Waals surface area contributed by atoms with Crippen molar-refractivity contribution in [2.45, 2.75) is 26.9 Å². The van der Waals surface area contributed by atoms with Crippen LogP contribution in [0.1, 0.15) is 24.1 Å². The van der Waals surface area contributed by atoms with E-state index < -0.39 is 0 Å². The minimum Gasteiger partial charge on any atom is -0.485 e. The van der Waals surface area contributed by atoms with Gasteiger partial charge in [0, 0.05) is 23.7 Å².